The molecule has 0 aromatic carbocycles. The molecule has 2 rings (SSSR count). The molecule has 0 unspecified atom stereocenters. The Morgan fingerprint density at radius 2 is 2.16 bits per heavy atom. The van der Waals surface area contributed by atoms with Crippen molar-refractivity contribution in [1.29, 1.82) is 0 Å². The minimum Gasteiger partial charge on any atom is -0.356 e. The maximum atomic E-state index is 4.57. The second kappa shape index (κ2) is 6.42. The molecular weight excluding hydrogens is 236 g/mol. The normalized spacial score (nSPS) is 15.5. The van der Waals surface area contributed by atoms with Gasteiger partial charge in [0.1, 0.15) is 0 Å². The first-order valence-corrected chi connectivity index (χ1v) is 7.57. The molecule has 108 valence electrons. The molecular formula is C15H28N4. The van der Waals surface area contributed by atoms with Crippen LogP contribution >= 0.6 is 0 Å². The van der Waals surface area contributed by atoms with Gasteiger partial charge in [-0.15, -0.1) is 0 Å². The van der Waals surface area contributed by atoms with Gasteiger partial charge in [-0.05, 0) is 60.0 Å². The fourth-order valence-electron chi connectivity index (χ4n) is 2.22. The van der Waals surface area contributed by atoms with Gasteiger partial charge in [0.2, 0.25) is 5.95 Å². The van der Waals surface area contributed by atoms with Gasteiger partial charge in [-0.2, -0.15) is 0 Å². The van der Waals surface area contributed by atoms with Crippen LogP contribution in [0.3, 0.4) is 0 Å². The zero-order chi connectivity index (χ0) is 13.8. The van der Waals surface area contributed by atoms with E-state index in [2.05, 4.69) is 53.8 Å². The van der Waals surface area contributed by atoms with Crippen molar-refractivity contribution < 1.29 is 0 Å². The maximum Gasteiger partial charge on any atom is 0.203 e. The predicted molar refractivity (Wildman–Crippen MR) is 80.7 cm³/mol. The lowest BCUT2D eigenvalue weighted by molar-refractivity contribution is 0.269. The highest BCUT2D eigenvalue weighted by Crippen LogP contribution is 2.37. The summed E-state index contributed by atoms with van der Waals surface area (Å²) in [6.07, 6.45) is 7.23. The third-order valence-electron chi connectivity index (χ3n) is 3.90. The molecule has 0 radical (unpaired) electrons. The maximum absolute atomic E-state index is 4.57. The Morgan fingerprint density at radius 3 is 2.79 bits per heavy atom. The Balaban J connectivity index is 1.68. The molecule has 0 amide bonds. The van der Waals surface area contributed by atoms with Crippen LogP contribution in [0.25, 0.3) is 0 Å². The van der Waals surface area contributed by atoms with Crippen LogP contribution in [0.5, 0.6) is 0 Å². The zero-order valence-corrected chi connectivity index (χ0v) is 12.8. The van der Waals surface area contributed by atoms with Crippen LogP contribution in [0.2, 0.25) is 0 Å². The second-order valence-corrected chi connectivity index (χ2v) is 6.05. The van der Waals surface area contributed by atoms with Crippen molar-refractivity contribution >= 4 is 5.95 Å². The summed E-state index contributed by atoms with van der Waals surface area (Å²) < 4.78 is 2.32. The number of aryl methyl sites for hydroxylation is 1. The summed E-state index contributed by atoms with van der Waals surface area (Å²) in [5.41, 5.74) is 1.12. The van der Waals surface area contributed by atoms with E-state index in [1.807, 2.05) is 0 Å². The highest BCUT2D eigenvalue weighted by molar-refractivity contribution is 5.30. The van der Waals surface area contributed by atoms with Crippen molar-refractivity contribution in [3.63, 3.8) is 0 Å². The standard InChI is InChI=1S/C15H28N4/c1-12(2)18(4)10-6-5-9-16-15-17-13(3)11-19(15)14-7-8-14/h11-12,14H,5-10H2,1-4H3,(H,16,17). The molecule has 1 aromatic heterocycles. The molecule has 0 aliphatic heterocycles. The van der Waals surface area contributed by atoms with Gasteiger partial charge in [0.15, 0.2) is 0 Å². The van der Waals surface area contributed by atoms with Crippen LogP contribution in [0, 0.1) is 6.92 Å². The van der Waals surface area contributed by atoms with Gasteiger partial charge in [0.05, 0.1) is 5.69 Å². The minimum atomic E-state index is 0.643. The Bertz CT molecular complexity index is 393. The van der Waals surface area contributed by atoms with Crippen molar-refractivity contribution in [3.05, 3.63) is 11.9 Å². The third kappa shape index (κ3) is 4.23. The quantitative estimate of drug-likeness (QED) is 0.733. The number of rotatable bonds is 8. The summed E-state index contributed by atoms with van der Waals surface area (Å²) >= 11 is 0. The average molecular weight is 264 g/mol. The lowest BCUT2D eigenvalue weighted by Gasteiger charge is -2.20. The first-order chi connectivity index (χ1) is 9.08. The average Bonchev–Trinajstić information content (AvgIpc) is 3.13. The number of aromatic nitrogens is 2. The van der Waals surface area contributed by atoms with E-state index in [4.69, 9.17) is 0 Å². The molecule has 0 atom stereocenters. The number of unbranched alkanes of at least 4 members (excludes halogenated alkanes) is 1. The summed E-state index contributed by atoms with van der Waals surface area (Å²) in [6, 6.07) is 1.35. The number of hydrogen-bond acceptors (Lipinski definition) is 3. The van der Waals surface area contributed by atoms with Crippen LogP contribution in [-0.4, -0.2) is 40.6 Å². The number of imidazole rings is 1. The molecule has 1 aliphatic carbocycles. The first kappa shape index (κ1) is 14.4. The molecule has 1 saturated carbocycles. The van der Waals surface area contributed by atoms with Crippen LogP contribution in [0.1, 0.15) is 51.3 Å². The fraction of sp³-hybridized carbons (Fsp3) is 0.800. The SMILES string of the molecule is Cc1cn(C2CC2)c(NCCCCN(C)C(C)C)n1. The largest absolute Gasteiger partial charge is 0.356 e. The molecule has 0 saturated heterocycles. The first-order valence-electron chi connectivity index (χ1n) is 7.57. The Kier molecular flexibility index (Phi) is 4.86. The molecule has 19 heavy (non-hydrogen) atoms. The molecule has 4 nitrogen and oxygen atoms in total. The van der Waals surface area contributed by atoms with Gasteiger partial charge in [-0.3, -0.25) is 0 Å². The molecule has 1 aromatic rings. The Hall–Kier alpha value is -1.03. The van der Waals surface area contributed by atoms with E-state index in [1.54, 1.807) is 0 Å². The monoisotopic (exact) mass is 264 g/mol. The third-order valence-corrected chi connectivity index (χ3v) is 3.90. The summed E-state index contributed by atoms with van der Waals surface area (Å²) in [7, 11) is 2.20. The van der Waals surface area contributed by atoms with Crippen LogP contribution < -0.4 is 5.32 Å². The van der Waals surface area contributed by atoms with E-state index in [0.717, 1.165) is 18.2 Å². The molecule has 1 aliphatic rings. The van der Waals surface area contributed by atoms with Crippen molar-refractivity contribution in [2.24, 2.45) is 0 Å². The van der Waals surface area contributed by atoms with Gasteiger partial charge >= 0.3 is 0 Å². The van der Waals surface area contributed by atoms with Gasteiger partial charge in [-0.25, -0.2) is 4.98 Å². The predicted octanol–water partition coefficient (Wildman–Crippen LogP) is 3.06. The molecule has 0 bridgehead atoms. The van der Waals surface area contributed by atoms with E-state index >= 15 is 0 Å². The molecule has 1 N–H and O–H groups in total. The Labute approximate surface area is 117 Å². The Morgan fingerprint density at radius 1 is 1.42 bits per heavy atom. The lowest BCUT2D eigenvalue weighted by atomic mass is 10.2. The lowest BCUT2D eigenvalue weighted by Crippen LogP contribution is -2.27. The smallest absolute Gasteiger partial charge is 0.203 e. The van der Waals surface area contributed by atoms with Crippen molar-refractivity contribution in [1.82, 2.24) is 14.5 Å². The highest BCUT2D eigenvalue weighted by Gasteiger charge is 2.25. The molecule has 1 fully saturated rings. The summed E-state index contributed by atoms with van der Waals surface area (Å²) in [4.78, 5) is 6.97. The van der Waals surface area contributed by atoms with Crippen molar-refractivity contribution in [2.75, 3.05) is 25.5 Å². The molecule has 0 spiro atoms. The van der Waals surface area contributed by atoms with Crippen molar-refractivity contribution in [2.45, 2.75) is 58.5 Å². The zero-order valence-electron chi connectivity index (χ0n) is 12.8. The van der Waals surface area contributed by atoms with Crippen LogP contribution in [0.4, 0.5) is 5.95 Å². The van der Waals surface area contributed by atoms with E-state index < -0.39 is 0 Å². The number of hydrogen-bond donors (Lipinski definition) is 1. The van der Waals surface area contributed by atoms with E-state index in [1.165, 1.54) is 32.2 Å². The van der Waals surface area contributed by atoms with E-state index in [-0.39, 0.29) is 0 Å². The van der Waals surface area contributed by atoms with Crippen LogP contribution in [-0.2, 0) is 0 Å². The highest BCUT2D eigenvalue weighted by atomic mass is 15.2. The molecule has 1 heterocycles. The summed E-state index contributed by atoms with van der Waals surface area (Å²) in [5.74, 6) is 1.07. The minimum absolute atomic E-state index is 0.643. The number of nitrogens with zero attached hydrogens (tertiary/aromatic N) is 3. The van der Waals surface area contributed by atoms with Gasteiger partial charge < -0.3 is 14.8 Å². The number of anilines is 1. The van der Waals surface area contributed by atoms with E-state index in [9.17, 15) is 0 Å². The van der Waals surface area contributed by atoms with Gasteiger partial charge in [0.25, 0.3) is 0 Å². The summed E-state index contributed by atoms with van der Waals surface area (Å²) in [6.45, 7) is 8.76. The second-order valence-electron chi connectivity index (χ2n) is 6.05. The van der Waals surface area contributed by atoms with Crippen LogP contribution in [0.15, 0.2) is 6.20 Å². The summed E-state index contributed by atoms with van der Waals surface area (Å²) in [5, 5.41) is 3.49. The van der Waals surface area contributed by atoms with E-state index in [0.29, 0.717) is 12.1 Å². The van der Waals surface area contributed by atoms with Gasteiger partial charge in [-0.1, -0.05) is 0 Å². The number of nitrogens with one attached hydrogen (secondary N) is 1. The van der Waals surface area contributed by atoms with Crippen molar-refractivity contribution in [3.8, 4) is 0 Å². The molecule has 4 heteroatoms. The topological polar surface area (TPSA) is 33.1 Å². The fourth-order valence-corrected chi connectivity index (χ4v) is 2.22. The van der Waals surface area contributed by atoms with Gasteiger partial charge in [0, 0.05) is 24.8 Å².